The molecule has 1 aliphatic carbocycles. The minimum atomic E-state index is -0.0189. The molecule has 0 unspecified atom stereocenters. The van der Waals surface area contributed by atoms with Gasteiger partial charge in [0.05, 0.1) is 13.2 Å². The number of ether oxygens (including phenoxy) is 1. The molecule has 1 aliphatic rings. The highest BCUT2D eigenvalue weighted by Gasteiger charge is 2.26. The molecule has 0 heterocycles. The van der Waals surface area contributed by atoms with E-state index >= 15 is 0 Å². The zero-order valence-corrected chi connectivity index (χ0v) is 10.1. The highest BCUT2D eigenvalue weighted by atomic mass is 32.2. The van der Waals surface area contributed by atoms with Gasteiger partial charge in [-0.05, 0) is 19.1 Å². The van der Waals surface area contributed by atoms with E-state index in [4.69, 9.17) is 10.5 Å². The molecule has 0 bridgehead atoms. The fourth-order valence-corrected chi connectivity index (χ4v) is 2.28. The van der Waals surface area contributed by atoms with Crippen LogP contribution in [0.3, 0.4) is 0 Å². The number of hydrogen-bond donors (Lipinski definition) is 1. The van der Waals surface area contributed by atoms with Gasteiger partial charge in [-0.15, -0.1) is 0 Å². The van der Waals surface area contributed by atoms with E-state index in [1.807, 2.05) is 11.8 Å². The minimum absolute atomic E-state index is 0.0189. The van der Waals surface area contributed by atoms with Gasteiger partial charge in [0, 0.05) is 11.3 Å². The molecule has 2 N–H and O–H groups in total. The van der Waals surface area contributed by atoms with Crippen LogP contribution in [0.2, 0.25) is 0 Å². The van der Waals surface area contributed by atoms with Crippen LogP contribution in [0.5, 0.6) is 0 Å². The van der Waals surface area contributed by atoms with Crippen LogP contribution in [0.1, 0.15) is 38.5 Å². The summed E-state index contributed by atoms with van der Waals surface area (Å²) >= 11 is 1.83. The molecule has 0 aromatic heterocycles. The average Bonchev–Trinajstić information content (AvgIpc) is 2.39. The zero-order chi connectivity index (χ0) is 10.3. The van der Waals surface area contributed by atoms with Gasteiger partial charge in [0.1, 0.15) is 0 Å². The molecule has 0 saturated heterocycles. The standard InChI is InChI=1S/C11H23NOS/c1-14-9-8-13-10-11(12)6-4-2-3-5-7-11/h2-10,12H2,1H3. The molecule has 0 spiro atoms. The van der Waals surface area contributed by atoms with Crippen LogP contribution in [0.25, 0.3) is 0 Å². The molecule has 1 fully saturated rings. The summed E-state index contributed by atoms with van der Waals surface area (Å²) in [5, 5.41) is 0. The van der Waals surface area contributed by atoms with Crippen molar-refractivity contribution in [3.8, 4) is 0 Å². The number of nitrogens with two attached hydrogens (primary N) is 1. The summed E-state index contributed by atoms with van der Waals surface area (Å²) in [6.07, 6.45) is 9.66. The topological polar surface area (TPSA) is 35.2 Å². The van der Waals surface area contributed by atoms with Gasteiger partial charge in [-0.1, -0.05) is 25.7 Å². The number of rotatable bonds is 5. The lowest BCUT2D eigenvalue weighted by Crippen LogP contribution is -2.44. The Hall–Kier alpha value is 0.270. The molecule has 1 rings (SSSR count). The molecular weight excluding hydrogens is 194 g/mol. The largest absolute Gasteiger partial charge is 0.379 e. The maximum absolute atomic E-state index is 6.31. The quantitative estimate of drug-likeness (QED) is 0.567. The molecule has 0 aromatic rings. The van der Waals surface area contributed by atoms with E-state index in [-0.39, 0.29) is 5.54 Å². The summed E-state index contributed by atoms with van der Waals surface area (Å²) in [6, 6.07) is 0. The molecule has 0 amide bonds. The molecule has 14 heavy (non-hydrogen) atoms. The van der Waals surface area contributed by atoms with Gasteiger partial charge in [-0.3, -0.25) is 0 Å². The second kappa shape index (κ2) is 6.70. The Labute approximate surface area is 92.0 Å². The smallest absolute Gasteiger partial charge is 0.0646 e. The monoisotopic (exact) mass is 217 g/mol. The van der Waals surface area contributed by atoms with Crippen molar-refractivity contribution in [2.24, 2.45) is 5.73 Å². The van der Waals surface area contributed by atoms with Crippen molar-refractivity contribution in [2.45, 2.75) is 44.1 Å². The molecule has 0 aliphatic heterocycles. The Balaban J connectivity index is 2.17. The van der Waals surface area contributed by atoms with Crippen molar-refractivity contribution in [3.05, 3.63) is 0 Å². The first kappa shape index (κ1) is 12.3. The maximum atomic E-state index is 6.31. The second-order valence-corrected chi connectivity index (χ2v) is 5.31. The van der Waals surface area contributed by atoms with Gasteiger partial charge in [0.15, 0.2) is 0 Å². The summed E-state index contributed by atoms with van der Waals surface area (Å²) in [5.74, 6) is 1.08. The molecule has 1 saturated carbocycles. The van der Waals surface area contributed by atoms with Gasteiger partial charge in [-0.25, -0.2) is 0 Å². The van der Waals surface area contributed by atoms with Crippen molar-refractivity contribution < 1.29 is 4.74 Å². The molecule has 0 radical (unpaired) electrons. The summed E-state index contributed by atoms with van der Waals surface area (Å²) in [4.78, 5) is 0. The molecule has 3 heteroatoms. The van der Waals surface area contributed by atoms with Gasteiger partial charge in [0.2, 0.25) is 0 Å². The third-order valence-corrected chi connectivity index (χ3v) is 3.50. The van der Waals surface area contributed by atoms with Crippen molar-refractivity contribution in [1.29, 1.82) is 0 Å². The molecule has 0 atom stereocenters. The van der Waals surface area contributed by atoms with Crippen LogP contribution in [0.4, 0.5) is 0 Å². The maximum Gasteiger partial charge on any atom is 0.0646 e. The summed E-state index contributed by atoms with van der Waals surface area (Å²) in [6.45, 7) is 1.60. The minimum Gasteiger partial charge on any atom is -0.379 e. The number of hydrogen-bond acceptors (Lipinski definition) is 3. The van der Waals surface area contributed by atoms with Gasteiger partial charge in [0.25, 0.3) is 0 Å². The lowest BCUT2D eigenvalue weighted by molar-refractivity contribution is 0.0889. The first-order valence-electron chi connectivity index (χ1n) is 5.62. The third-order valence-electron chi connectivity index (χ3n) is 2.92. The fraction of sp³-hybridized carbons (Fsp3) is 1.00. The fourth-order valence-electron chi connectivity index (χ4n) is 1.99. The molecular formula is C11H23NOS. The molecule has 0 aromatic carbocycles. The lowest BCUT2D eigenvalue weighted by atomic mass is 9.93. The van der Waals surface area contributed by atoms with Crippen LogP contribution >= 0.6 is 11.8 Å². The highest BCUT2D eigenvalue weighted by molar-refractivity contribution is 7.98. The first-order chi connectivity index (χ1) is 6.77. The van der Waals surface area contributed by atoms with Crippen LogP contribution in [0, 0.1) is 0 Å². The van der Waals surface area contributed by atoms with Crippen LogP contribution in [-0.4, -0.2) is 30.8 Å². The molecule has 84 valence electrons. The third kappa shape index (κ3) is 4.67. The van der Waals surface area contributed by atoms with E-state index in [1.54, 1.807) is 0 Å². The predicted molar refractivity (Wildman–Crippen MR) is 63.8 cm³/mol. The normalized spacial score (nSPS) is 21.9. The summed E-state index contributed by atoms with van der Waals surface area (Å²) in [5.41, 5.74) is 6.29. The van der Waals surface area contributed by atoms with Crippen molar-refractivity contribution in [3.63, 3.8) is 0 Å². The van der Waals surface area contributed by atoms with Crippen molar-refractivity contribution in [1.82, 2.24) is 0 Å². The predicted octanol–water partition coefficient (Wildman–Crippen LogP) is 2.42. The molecule has 2 nitrogen and oxygen atoms in total. The van der Waals surface area contributed by atoms with Crippen molar-refractivity contribution in [2.75, 3.05) is 25.2 Å². The zero-order valence-electron chi connectivity index (χ0n) is 9.26. The van der Waals surface area contributed by atoms with E-state index < -0.39 is 0 Å². The van der Waals surface area contributed by atoms with E-state index in [2.05, 4.69) is 6.26 Å². The summed E-state index contributed by atoms with van der Waals surface area (Å²) in [7, 11) is 0. The van der Waals surface area contributed by atoms with E-state index in [1.165, 1.54) is 25.7 Å². The number of thioether (sulfide) groups is 1. The van der Waals surface area contributed by atoms with Crippen LogP contribution < -0.4 is 5.73 Å². The van der Waals surface area contributed by atoms with Gasteiger partial charge in [-0.2, -0.15) is 11.8 Å². The Kier molecular flexibility index (Phi) is 5.90. The summed E-state index contributed by atoms with van der Waals surface area (Å²) < 4.78 is 5.63. The lowest BCUT2D eigenvalue weighted by Gasteiger charge is -2.27. The highest BCUT2D eigenvalue weighted by Crippen LogP contribution is 2.25. The first-order valence-corrected chi connectivity index (χ1v) is 7.02. The Morgan fingerprint density at radius 2 is 1.86 bits per heavy atom. The van der Waals surface area contributed by atoms with Crippen molar-refractivity contribution >= 4 is 11.8 Å². The second-order valence-electron chi connectivity index (χ2n) is 4.32. The van der Waals surface area contributed by atoms with E-state index in [9.17, 15) is 0 Å². The SMILES string of the molecule is CSCCOCC1(N)CCCCCC1. The van der Waals surface area contributed by atoms with Gasteiger partial charge >= 0.3 is 0 Å². The Morgan fingerprint density at radius 1 is 1.21 bits per heavy atom. The van der Waals surface area contributed by atoms with Gasteiger partial charge < -0.3 is 10.5 Å². The Morgan fingerprint density at radius 3 is 2.43 bits per heavy atom. The van der Waals surface area contributed by atoms with E-state index in [0.717, 1.165) is 31.8 Å². The Bertz CT molecular complexity index is 144. The van der Waals surface area contributed by atoms with Crippen LogP contribution in [-0.2, 0) is 4.74 Å². The van der Waals surface area contributed by atoms with E-state index in [0.29, 0.717) is 0 Å². The van der Waals surface area contributed by atoms with Crippen LogP contribution in [0.15, 0.2) is 0 Å². The average molecular weight is 217 g/mol.